The van der Waals surface area contributed by atoms with Crippen LogP contribution in [0.25, 0.3) is 0 Å². The third-order valence-corrected chi connectivity index (χ3v) is 3.25. The third-order valence-electron chi connectivity index (χ3n) is 3.25. The summed E-state index contributed by atoms with van der Waals surface area (Å²) < 4.78 is 10.2. The highest BCUT2D eigenvalue weighted by atomic mass is 16.6. The molecule has 0 heterocycles. The minimum absolute atomic E-state index is 0.0570. The molecule has 0 radical (unpaired) electrons. The van der Waals surface area contributed by atoms with E-state index in [0.29, 0.717) is 17.2 Å². The van der Waals surface area contributed by atoms with E-state index in [2.05, 4.69) is 5.32 Å². The molecule has 0 saturated heterocycles. The maximum Gasteiger partial charge on any atom is 0.296 e. The van der Waals surface area contributed by atoms with Crippen LogP contribution in [-0.2, 0) is 0 Å². The van der Waals surface area contributed by atoms with Gasteiger partial charge in [-0.25, -0.2) is 0 Å². The van der Waals surface area contributed by atoms with Gasteiger partial charge >= 0.3 is 0 Å². The number of nitrogens with one attached hydrogen (secondary N) is 1. The van der Waals surface area contributed by atoms with E-state index in [9.17, 15) is 15.2 Å². The van der Waals surface area contributed by atoms with Gasteiger partial charge in [0.25, 0.3) is 5.69 Å². The van der Waals surface area contributed by atoms with E-state index in [-0.39, 0.29) is 12.3 Å². The first-order chi connectivity index (χ1) is 9.05. The van der Waals surface area contributed by atoms with Gasteiger partial charge in [0.15, 0.2) is 11.5 Å². The second-order valence-corrected chi connectivity index (χ2v) is 4.54. The number of ether oxygens (including phenoxy) is 2. The fourth-order valence-electron chi connectivity index (χ4n) is 1.88. The highest BCUT2D eigenvalue weighted by Crippen LogP contribution is 2.44. The second-order valence-electron chi connectivity index (χ2n) is 4.54. The Balaban J connectivity index is 2.42. The molecule has 0 amide bonds. The standard InChI is InChI=1S/C12H16N2O5/c1-18-10-5-8(13-12(7-15)3-4-12)9(14(16)17)6-11(10)19-2/h5-6,13,15H,3-4,7H2,1-2H3. The van der Waals surface area contributed by atoms with Gasteiger partial charge in [0, 0.05) is 6.07 Å². The molecule has 1 aliphatic carbocycles. The van der Waals surface area contributed by atoms with E-state index in [1.807, 2.05) is 0 Å². The Bertz CT molecular complexity index is 499. The molecule has 2 rings (SSSR count). The molecule has 1 aromatic carbocycles. The number of rotatable bonds is 6. The third kappa shape index (κ3) is 2.55. The zero-order chi connectivity index (χ0) is 14.0. The molecule has 1 fully saturated rings. The van der Waals surface area contributed by atoms with Gasteiger partial charge in [0.05, 0.1) is 37.4 Å². The number of hydrogen-bond donors (Lipinski definition) is 2. The van der Waals surface area contributed by atoms with E-state index in [4.69, 9.17) is 9.47 Å². The van der Waals surface area contributed by atoms with Gasteiger partial charge in [-0.15, -0.1) is 0 Å². The lowest BCUT2D eigenvalue weighted by molar-refractivity contribution is -0.384. The molecular formula is C12H16N2O5. The molecule has 7 heteroatoms. The highest BCUT2D eigenvalue weighted by molar-refractivity contribution is 5.69. The Kier molecular flexibility index (Phi) is 3.48. The molecule has 2 N–H and O–H groups in total. The number of nitro groups is 1. The van der Waals surface area contributed by atoms with Crippen LogP contribution in [-0.4, -0.2) is 36.4 Å². The lowest BCUT2D eigenvalue weighted by Gasteiger charge is -2.17. The van der Waals surface area contributed by atoms with Crippen molar-refractivity contribution in [3.05, 3.63) is 22.2 Å². The first-order valence-electron chi connectivity index (χ1n) is 5.85. The van der Waals surface area contributed by atoms with Gasteiger partial charge in [0.2, 0.25) is 0 Å². The summed E-state index contributed by atoms with van der Waals surface area (Å²) in [5.74, 6) is 0.706. The molecule has 0 bridgehead atoms. The summed E-state index contributed by atoms with van der Waals surface area (Å²) in [6.45, 7) is -0.0570. The average molecular weight is 268 g/mol. The number of benzene rings is 1. The normalized spacial score (nSPS) is 15.7. The van der Waals surface area contributed by atoms with Crippen molar-refractivity contribution in [2.75, 3.05) is 26.1 Å². The van der Waals surface area contributed by atoms with Gasteiger partial charge in [-0.1, -0.05) is 0 Å². The summed E-state index contributed by atoms with van der Waals surface area (Å²) in [6.07, 6.45) is 1.57. The Hall–Kier alpha value is -2.02. The highest BCUT2D eigenvalue weighted by Gasteiger charge is 2.43. The predicted octanol–water partition coefficient (Wildman–Crippen LogP) is 1.55. The van der Waals surface area contributed by atoms with Gasteiger partial charge < -0.3 is 19.9 Å². The van der Waals surface area contributed by atoms with Crippen molar-refractivity contribution in [1.82, 2.24) is 0 Å². The van der Waals surface area contributed by atoms with Crippen molar-refractivity contribution in [3.63, 3.8) is 0 Å². The number of hydrogen-bond acceptors (Lipinski definition) is 6. The molecule has 0 aliphatic heterocycles. The van der Waals surface area contributed by atoms with Crippen LogP contribution in [0.4, 0.5) is 11.4 Å². The fraction of sp³-hybridized carbons (Fsp3) is 0.500. The number of aliphatic hydroxyl groups excluding tert-OH is 1. The van der Waals surface area contributed by atoms with Crippen LogP contribution < -0.4 is 14.8 Å². The molecule has 0 unspecified atom stereocenters. The SMILES string of the molecule is COc1cc(NC2(CO)CC2)c([N+](=O)[O-])cc1OC. The number of anilines is 1. The fourth-order valence-corrected chi connectivity index (χ4v) is 1.88. The molecule has 19 heavy (non-hydrogen) atoms. The molecule has 1 saturated carbocycles. The van der Waals surface area contributed by atoms with Crippen molar-refractivity contribution in [2.45, 2.75) is 18.4 Å². The van der Waals surface area contributed by atoms with Gasteiger partial charge in [-0.3, -0.25) is 10.1 Å². The second kappa shape index (κ2) is 4.93. The number of nitrogens with zero attached hydrogens (tertiary/aromatic N) is 1. The maximum atomic E-state index is 11.1. The molecule has 0 spiro atoms. The van der Waals surface area contributed by atoms with E-state index < -0.39 is 10.5 Å². The van der Waals surface area contributed by atoms with Crippen LogP contribution >= 0.6 is 0 Å². The monoisotopic (exact) mass is 268 g/mol. The number of nitro benzene ring substituents is 1. The van der Waals surface area contributed by atoms with E-state index in [1.54, 1.807) is 0 Å². The molecule has 0 aromatic heterocycles. The molecule has 7 nitrogen and oxygen atoms in total. The Morgan fingerprint density at radius 3 is 2.37 bits per heavy atom. The summed E-state index contributed by atoms with van der Waals surface area (Å²) in [4.78, 5) is 10.6. The lowest BCUT2D eigenvalue weighted by atomic mass is 10.2. The van der Waals surface area contributed by atoms with Crippen LogP contribution in [0.2, 0.25) is 0 Å². The molecule has 1 aliphatic rings. The summed E-state index contributed by atoms with van der Waals surface area (Å²) in [7, 11) is 2.89. The van der Waals surface area contributed by atoms with Crippen molar-refractivity contribution in [3.8, 4) is 11.5 Å². The zero-order valence-electron chi connectivity index (χ0n) is 10.8. The van der Waals surface area contributed by atoms with E-state index in [1.165, 1.54) is 26.4 Å². The summed E-state index contributed by atoms with van der Waals surface area (Å²) >= 11 is 0. The number of methoxy groups -OCH3 is 2. The van der Waals surface area contributed by atoms with Crippen LogP contribution in [0.1, 0.15) is 12.8 Å². The Morgan fingerprint density at radius 1 is 1.37 bits per heavy atom. The van der Waals surface area contributed by atoms with Crippen molar-refractivity contribution in [1.29, 1.82) is 0 Å². The zero-order valence-corrected chi connectivity index (χ0v) is 10.8. The molecule has 1 aromatic rings. The largest absolute Gasteiger partial charge is 0.493 e. The average Bonchev–Trinajstić information content (AvgIpc) is 3.18. The number of aliphatic hydroxyl groups is 1. The maximum absolute atomic E-state index is 11.1. The minimum atomic E-state index is -0.488. The van der Waals surface area contributed by atoms with E-state index in [0.717, 1.165) is 12.8 Å². The Morgan fingerprint density at radius 2 is 1.95 bits per heavy atom. The topological polar surface area (TPSA) is 93.9 Å². The Labute approximate surface area is 110 Å². The summed E-state index contributed by atoms with van der Waals surface area (Å²) in [6, 6.07) is 2.83. The first-order valence-corrected chi connectivity index (χ1v) is 5.85. The van der Waals surface area contributed by atoms with Gasteiger partial charge in [0.1, 0.15) is 5.69 Å². The smallest absolute Gasteiger partial charge is 0.296 e. The van der Waals surface area contributed by atoms with Gasteiger partial charge in [-0.05, 0) is 12.8 Å². The predicted molar refractivity (Wildman–Crippen MR) is 68.9 cm³/mol. The van der Waals surface area contributed by atoms with Crippen molar-refractivity contribution in [2.24, 2.45) is 0 Å². The van der Waals surface area contributed by atoms with Crippen molar-refractivity contribution < 1.29 is 19.5 Å². The molecule has 0 atom stereocenters. The van der Waals surface area contributed by atoms with Gasteiger partial charge in [-0.2, -0.15) is 0 Å². The summed E-state index contributed by atoms with van der Waals surface area (Å²) in [5.41, 5.74) is -0.212. The van der Waals surface area contributed by atoms with Crippen LogP contribution in [0.5, 0.6) is 11.5 Å². The van der Waals surface area contributed by atoms with E-state index >= 15 is 0 Å². The first kappa shape index (κ1) is 13.4. The summed E-state index contributed by atoms with van der Waals surface area (Å²) in [5, 5.41) is 23.4. The lowest BCUT2D eigenvalue weighted by Crippen LogP contribution is -2.26. The quantitative estimate of drug-likeness (QED) is 0.600. The minimum Gasteiger partial charge on any atom is -0.493 e. The van der Waals surface area contributed by atoms with Crippen molar-refractivity contribution >= 4 is 11.4 Å². The molecular weight excluding hydrogens is 252 g/mol. The molecule has 104 valence electrons. The van der Waals surface area contributed by atoms with Crippen LogP contribution in [0, 0.1) is 10.1 Å². The van der Waals surface area contributed by atoms with Crippen LogP contribution in [0.3, 0.4) is 0 Å². The van der Waals surface area contributed by atoms with Crippen LogP contribution in [0.15, 0.2) is 12.1 Å².